The van der Waals surface area contributed by atoms with E-state index in [2.05, 4.69) is 15.5 Å². The number of nitrogens with two attached hydrogens (primary N) is 2. The van der Waals surface area contributed by atoms with Gasteiger partial charge in [0.1, 0.15) is 44.8 Å². The van der Waals surface area contributed by atoms with E-state index in [1.54, 1.807) is 16.8 Å². The third-order valence-electron chi connectivity index (χ3n) is 7.89. The summed E-state index contributed by atoms with van der Waals surface area (Å²) in [6, 6.07) is 4.30. The van der Waals surface area contributed by atoms with Gasteiger partial charge in [0.2, 0.25) is 5.60 Å². The molecule has 6 heterocycles. The van der Waals surface area contributed by atoms with Gasteiger partial charge >= 0.3 is 5.97 Å². The number of oxime groups is 1. The van der Waals surface area contributed by atoms with Crippen molar-refractivity contribution in [1.29, 1.82) is 5.41 Å². The van der Waals surface area contributed by atoms with Crippen molar-refractivity contribution in [2.75, 3.05) is 11.5 Å². The second kappa shape index (κ2) is 13.1. The Balaban J connectivity index is 1.22. The minimum absolute atomic E-state index is 0.000941. The maximum Gasteiger partial charge on any atom is 0.350 e. The fourth-order valence-electron chi connectivity index (χ4n) is 5.25. The van der Waals surface area contributed by atoms with Crippen LogP contribution in [-0.2, 0) is 37.1 Å². The van der Waals surface area contributed by atoms with Crippen molar-refractivity contribution in [1.82, 2.24) is 19.8 Å². The average molecular weight is 742 g/mol. The van der Waals surface area contributed by atoms with Crippen LogP contribution < -0.4 is 26.5 Å². The minimum Gasteiger partial charge on any atom is -0.543 e. The van der Waals surface area contributed by atoms with Gasteiger partial charge in [-0.05, 0) is 26.0 Å². The summed E-state index contributed by atoms with van der Waals surface area (Å²) in [6.07, 6.45) is 6.91. The maximum atomic E-state index is 13.4. The van der Waals surface area contributed by atoms with Crippen LogP contribution in [0.2, 0.25) is 4.34 Å². The van der Waals surface area contributed by atoms with Gasteiger partial charge in [-0.15, -0.1) is 11.8 Å². The summed E-state index contributed by atoms with van der Waals surface area (Å²) in [5, 5.41) is 35.8. The molecule has 0 bridgehead atoms. The zero-order valence-electron chi connectivity index (χ0n) is 26.2. The molecular weight excluding hydrogens is 714 g/mol. The largest absolute Gasteiger partial charge is 0.543 e. The standard InChI is InChI=1S/C30H28ClN9O8S2/c1-30(2,28(45)46)48-37-19(18-22(31)50-29(34)36-18)24(41)35-20-25(42)40-21(27(43)44)15(12-49-26(20)40)8-38-5-3-13-4-6-39(17(13)10-38)9-16-7-14(11-47-16)23(32)33/h3-7,10-11,20,26H,8-9,12H2,1-2H3,(H7-,32,33,34,35,36,41,43,44,45,46)/b37-19-/t20-,26-/m1/s1. The fourth-order valence-corrected chi connectivity index (χ4v) is 7.52. The van der Waals surface area contributed by atoms with Crippen LogP contribution in [0.4, 0.5) is 5.13 Å². The van der Waals surface area contributed by atoms with Crippen molar-refractivity contribution in [3.8, 4) is 0 Å². The quantitative estimate of drug-likeness (QED) is 0.0430. The van der Waals surface area contributed by atoms with Gasteiger partial charge < -0.3 is 45.6 Å². The number of amides is 2. The molecule has 0 spiro atoms. The number of fused-ring (bicyclic) bond motifs is 2. The van der Waals surface area contributed by atoms with E-state index in [0.717, 1.165) is 27.1 Å². The van der Waals surface area contributed by atoms with Crippen LogP contribution in [0, 0.1) is 5.41 Å². The molecule has 4 aromatic rings. The third kappa shape index (κ3) is 6.49. The number of amidine groups is 1. The van der Waals surface area contributed by atoms with Gasteiger partial charge in [0.25, 0.3) is 11.8 Å². The SMILES string of the molecule is CC(C)(O/N=C(\C(=O)N[C@@H]1C(=O)N2C(C(=O)[O-])=C(C[n+]3ccc4ccn(Cc5cc(C(=N)N)co5)c4c3)CS[C@H]12)c1nc(N)sc1Cl)C(=O)O. The molecule has 2 aliphatic heterocycles. The molecule has 0 aromatic carbocycles. The number of nitrogens with one attached hydrogen (secondary N) is 2. The number of thiazole rings is 1. The number of hydrogen-bond donors (Lipinski definition) is 5. The number of aliphatic carboxylic acids is 2. The summed E-state index contributed by atoms with van der Waals surface area (Å²) in [5.74, 6) is -3.92. The molecule has 1 saturated heterocycles. The van der Waals surface area contributed by atoms with Gasteiger partial charge in [-0.2, -0.15) is 4.57 Å². The van der Waals surface area contributed by atoms with Crippen LogP contribution in [-0.4, -0.2) is 77.6 Å². The molecule has 6 rings (SSSR count). The van der Waals surface area contributed by atoms with Gasteiger partial charge in [0.05, 0.1) is 23.8 Å². The normalized spacial score (nSPS) is 17.8. The van der Waals surface area contributed by atoms with Crippen LogP contribution in [0.5, 0.6) is 0 Å². The number of aromatic nitrogens is 3. The molecular formula is C30H28ClN9O8S2. The molecule has 0 radical (unpaired) electrons. The lowest BCUT2D eigenvalue weighted by atomic mass is 10.0. The van der Waals surface area contributed by atoms with Crippen LogP contribution in [0.15, 0.2) is 63.9 Å². The Morgan fingerprint density at radius 2 is 2.12 bits per heavy atom. The van der Waals surface area contributed by atoms with Gasteiger partial charge in [0, 0.05) is 29.0 Å². The summed E-state index contributed by atoms with van der Waals surface area (Å²) >= 11 is 8.29. The van der Waals surface area contributed by atoms with Crippen LogP contribution in [0.1, 0.15) is 30.9 Å². The molecule has 1 fully saturated rings. The van der Waals surface area contributed by atoms with Crippen LogP contribution >= 0.6 is 34.7 Å². The Kier molecular flexibility index (Phi) is 9.06. The zero-order valence-corrected chi connectivity index (χ0v) is 28.6. The van der Waals surface area contributed by atoms with Crippen molar-refractivity contribution in [3.05, 3.63) is 75.7 Å². The van der Waals surface area contributed by atoms with E-state index in [4.69, 9.17) is 37.7 Å². The number of nitrogen functional groups attached to an aromatic ring is 2. The van der Waals surface area contributed by atoms with E-state index in [0.29, 0.717) is 23.4 Å². The molecule has 0 aliphatic carbocycles. The van der Waals surface area contributed by atoms with Crippen molar-refractivity contribution < 1.29 is 43.2 Å². The Labute approximate surface area is 295 Å². The minimum atomic E-state index is -1.84. The molecule has 0 unspecified atom stereocenters. The predicted molar refractivity (Wildman–Crippen MR) is 179 cm³/mol. The highest BCUT2D eigenvalue weighted by Crippen LogP contribution is 2.40. The molecule has 17 nitrogen and oxygen atoms in total. The number of furan rings is 1. The predicted octanol–water partition coefficient (Wildman–Crippen LogP) is 0.234. The lowest BCUT2D eigenvalue weighted by Gasteiger charge is -2.50. The lowest BCUT2D eigenvalue weighted by Crippen LogP contribution is -2.71. The topological polar surface area (TPSA) is 259 Å². The Morgan fingerprint density at radius 3 is 2.76 bits per heavy atom. The second-order valence-corrected chi connectivity index (χ2v) is 14.5. The van der Waals surface area contributed by atoms with E-state index in [9.17, 15) is 29.4 Å². The zero-order chi connectivity index (χ0) is 36.1. The van der Waals surface area contributed by atoms with Crippen molar-refractivity contribution in [2.45, 2.75) is 44.0 Å². The second-order valence-electron chi connectivity index (χ2n) is 11.7. The first-order chi connectivity index (χ1) is 23.6. The highest BCUT2D eigenvalue weighted by molar-refractivity contribution is 8.00. The Morgan fingerprint density at radius 1 is 1.36 bits per heavy atom. The number of anilines is 1. The van der Waals surface area contributed by atoms with E-state index in [1.165, 1.54) is 31.9 Å². The summed E-state index contributed by atoms with van der Waals surface area (Å²) < 4.78 is 9.23. The summed E-state index contributed by atoms with van der Waals surface area (Å²) in [4.78, 5) is 61.0. The monoisotopic (exact) mass is 741 g/mol. The number of β-lactam (4-membered cyclic amide) rings is 1. The molecule has 7 N–H and O–H groups in total. The Hall–Kier alpha value is -5.40. The van der Waals surface area contributed by atoms with Gasteiger partial charge in [-0.25, -0.2) is 9.78 Å². The number of carbonyl (C=O) groups is 4. The molecule has 2 aliphatic rings. The van der Waals surface area contributed by atoms with Gasteiger partial charge in [-0.1, -0.05) is 28.1 Å². The van der Waals surface area contributed by atoms with E-state index in [-0.39, 0.29) is 39.0 Å². The van der Waals surface area contributed by atoms with E-state index >= 15 is 0 Å². The molecule has 20 heteroatoms. The molecule has 2 atom stereocenters. The molecule has 2 amide bonds. The summed E-state index contributed by atoms with van der Waals surface area (Å²) in [5.41, 5.74) is 10.1. The molecule has 260 valence electrons. The highest BCUT2D eigenvalue weighted by Gasteiger charge is 2.53. The van der Waals surface area contributed by atoms with Gasteiger partial charge in [0.15, 0.2) is 29.8 Å². The maximum absolute atomic E-state index is 13.4. The number of pyridine rings is 1. The van der Waals surface area contributed by atoms with Gasteiger partial charge in [-0.3, -0.25) is 19.9 Å². The lowest BCUT2D eigenvalue weighted by molar-refractivity contribution is -0.687. The van der Waals surface area contributed by atoms with Crippen molar-refractivity contribution in [2.24, 2.45) is 10.9 Å². The number of carboxylic acids is 2. The number of thioether (sulfide) groups is 1. The number of halogens is 1. The van der Waals surface area contributed by atoms with E-state index < -0.39 is 46.5 Å². The number of hydrogen-bond acceptors (Lipinski definition) is 13. The van der Waals surface area contributed by atoms with E-state index in [1.807, 2.05) is 29.1 Å². The molecule has 0 saturated carbocycles. The molecule has 50 heavy (non-hydrogen) atoms. The Bertz CT molecular complexity index is 2150. The first-order valence-corrected chi connectivity index (χ1v) is 16.9. The number of rotatable bonds is 12. The van der Waals surface area contributed by atoms with Crippen molar-refractivity contribution >= 4 is 86.0 Å². The van der Waals surface area contributed by atoms with Crippen molar-refractivity contribution in [3.63, 3.8) is 0 Å². The smallest absolute Gasteiger partial charge is 0.350 e. The first kappa shape index (κ1) is 34.5. The average Bonchev–Trinajstić information content (AvgIpc) is 3.78. The van der Waals surface area contributed by atoms with Crippen LogP contribution in [0.3, 0.4) is 0 Å². The molecule has 4 aromatic heterocycles. The summed E-state index contributed by atoms with van der Waals surface area (Å²) in [7, 11) is 0. The number of carboxylic acid groups (broad SMARTS) is 2. The highest BCUT2D eigenvalue weighted by atomic mass is 35.5. The fraction of sp³-hybridized carbons (Fsp3) is 0.267. The third-order valence-corrected chi connectivity index (χ3v) is 10.3. The summed E-state index contributed by atoms with van der Waals surface area (Å²) in [6.45, 7) is 2.91. The first-order valence-electron chi connectivity index (χ1n) is 14.6. The number of nitrogens with zero attached hydrogens (tertiary/aromatic N) is 5. The number of carbonyl (C=O) groups excluding carboxylic acids is 3. The van der Waals surface area contributed by atoms with Crippen LogP contribution in [0.25, 0.3) is 10.9 Å².